The predicted octanol–water partition coefficient (Wildman–Crippen LogP) is 7.36. The second-order valence-electron chi connectivity index (χ2n) is 12.3. The highest BCUT2D eigenvalue weighted by atomic mass is 14.7. The smallest absolute Gasteiger partial charge is 0.00766 e. The van der Waals surface area contributed by atoms with Crippen LogP contribution in [0, 0.1) is 46.3 Å². The van der Waals surface area contributed by atoms with E-state index < -0.39 is 0 Å². The highest BCUT2D eigenvalue weighted by Crippen LogP contribution is 2.67. The molecule has 8 atom stereocenters. The highest BCUT2D eigenvalue weighted by Gasteiger charge is 2.58. The van der Waals surface area contributed by atoms with Gasteiger partial charge in [-0.1, -0.05) is 65.5 Å². The number of hydrogen-bond acceptors (Lipinski definition) is 1. The molecular formula is C27H47N. The van der Waals surface area contributed by atoms with Gasteiger partial charge in [-0.3, -0.25) is 0 Å². The first-order chi connectivity index (χ1) is 13.3. The molecule has 0 saturated heterocycles. The summed E-state index contributed by atoms with van der Waals surface area (Å²) < 4.78 is 0. The lowest BCUT2D eigenvalue weighted by molar-refractivity contribution is -0.0508. The van der Waals surface area contributed by atoms with E-state index in [0.29, 0.717) is 16.9 Å². The topological polar surface area (TPSA) is 26.0 Å². The summed E-state index contributed by atoms with van der Waals surface area (Å²) in [7, 11) is 0. The summed E-state index contributed by atoms with van der Waals surface area (Å²) in [6, 6.07) is 0.423. The maximum Gasteiger partial charge on any atom is 0.00766 e. The van der Waals surface area contributed by atoms with E-state index in [0.717, 1.165) is 35.5 Å². The first-order valence-corrected chi connectivity index (χ1v) is 12.7. The molecule has 0 spiro atoms. The van der Waals surface area contributed by atoms with Gasteiger partial charge in [-0.05, 0) is 97.7 Å². The maximum atomic E-state index is 6.34. The second-order valence-corrected chi connectivity index (χ2v) is 12.3. The Morgan fingerprint density at radius 3 is 2.54 bits per heavy atom. The van der Waals surface area contributed by atoms with Gasteiger partial charge >= 0.3 is 0 Å². The van der Waals surface area contributed by atoms with Gasteiger partial charge in [0.1, 0.15) is 0 Å². The van der Waals surface area contributed by atoms with Crippen LogP contribution >= 0.6 is 0 Å². The van der Waals surface area contributed by atoms with E-state index in [2.05, 4.69) is 40.7 Å². The zero-order chi connectivity index (χ0) is 20.1. The molecule has 0 aromatic heterocycles. The predicted molar refractivity (Wildman–Crippen MR) is 121 cm³/mol. The minimum Gasteiger partial charge on any atom is -0.327 e. The number of nitrogens with two attached hydrogens (primary N) is 1. The zero-order valence-electron chi connectivity index (χ0n) is 19.5. The van der Waals surface area contributed by atoms with Crippen molar-refractivity contribution in [1.29, 1.82) is 0 Å². The Morgan fingerprint density at radius 1 is 1.00 bits per heavy atom. The lowest BCUT2D eigenvalue weighted by Gasteiger charge is -2.58. The van der Waals surface area contributed by atoms with Crippen molar-refractivity contribution in [1.82, 2.24) is 0 Å². The Balaban J connectivity index is 1.49. The molecule has 2 N–H and O–H groups in total. The minimum atomic E-state index is 0.423. The molecule has 0 bridgehead atoms. The normalized spacial score (nSPS) is 46.5. The largest absolute Gasteiger partial charge is 0.327 e. The number of rotatable bonds is 5. The van der Waals surface area contributed by atoms with Gasteiger partial charge in [0.25, 0.3) is 0 Å². The van der Waals surface area contributed by atoms with Gasteiger partial charge < -0.3 is 5.73 Å². The van der Waals surface area contributed by atoms with Gasteiger partial charge in [0, 0.05) is 6.04 Å². The first kappa shape index (κ1) is 21.0. The molecule has 4 aliphatic carbocycles. The summed E-state index contributed by atoms with van der Waals surface area (Å²) in [6.45, 7) is 12.7. The van der Waals surface area contributed by atoms with Gasteiger partial charge in [0.2, 0.25) is 0 Å². The summed E-state index contributed by atoms with van der Waals surface area (Å²) in [5.41, 5.74) is 9.18. The van der Waals surface area contributed by atoms with Gasteiger partial charge in [-0.15, -0.1) is 0 Å². The minimum absolute atomic E-state index is 0.423. The van der Waals surface area contributed by atoms with Crippen molar-refractivity contribution in [3.63, 3.8) is 0 Å². The molecular weight excluding hydrogens is 338 g/mol. The van der Waals surface area contributed by atoms with Crippen molar-refractivity contribution in [2.45, 2.75) is 111 Å². The van der Waals surface area contributed by atoms with Crippen molar-refractivity contribution in [3.8, 4) is 0 Å². The fourth-order valence-corrected chi connectivity index (χ4v) is 8.71. The second kappa shape index (κ2) is 7.75. The van der Waals surface area contributed by atoms with Gasteiger partial charge in [-0.2, -0.15) is 0 Å². The Bertz CT molecular complexity index is 591. The molecule has 0 amide bonds. The van der Waals surface area contributed by atoms with Crippen LogP contribution in [0.3, 0.4) is 0 Å². The van der Waals surface area contributed by atoms with E-state index in [4.69, 9.17) is 5.73 Å². The van der Waals surface area contributed by atoms with Gasteiger partial charge in [0.05, 0.1) is 0 Å². The van der Waals surface area contributed by atoms with E-state index in [-0.39, 0.29) is 0 Å². The van der Waals surface area contributed by atoms with Crippen molar-refractivity contribution in [2.24, 2.45) is 52.1 Å². The number of allylic oxidation sites excluding steroid dienone is 1. The lowest BCUT2D eigenvalue weighted by atomic mass is 9.47. The molecule has 1 heteroatoms. The van der Waals surface area contributed by atoms with Crippen LogP contribution in [0.15, 0.2) is 11.6 Å². The summed E-state index contributed by atoms with van der Waals surface area (Å²) in [6.07, 6.45) is 18.1. The van der Waals surface area contributed by atoms with Gasteiger partial charge in [0.15, 0.2) is 0 Å². The Kier molecular flexibility index (Phi) is 5.80. The molecule has 3 saturated carbocycles. The van der Waals surface area contributed by atoms with E-state index in [1.807, 2.05) is 0 Å². The molecule has 1 nitrogen and oxygen atoms in total. The third kappa shape index (κ3) is 3.42. The average molecular weight is 386 g/mol. The van der Waals surface area contributed by atoms with E-state index in [1.165, 1.54) is 70.6 Å². The maximum absolute atomic E-state index is 6.34. The molecule has 0 aliphatic heterocycles. The van der Waals surface area contributed by atoms with Crippen molar-refractivity contribution in [3.05, 3.63) is 11.6 Å². The third-order valence-electron chi connectivity index (χ3n) is 10.3. The molecule has 4 aliphatic rings. The third-order valence-corrected chi connectivity index (χ3v) is 10.3. The average Bonchev–Trinajstić information content (AvgIpc) is 2.99. The Labute approximate surface area is 175 Å². The van der Waals surface area contributed by atoms with Crippen LogP contribution in [0.2, 0.25) is 0 Å². The van der Waals surface area contributed by atoms with Crippen LogP contribution in [0.4, 0.5) is 0 Å². The van der Waals surface area contributed by atoms with E-state index in [9.17, 15) is 0 Å². The number of hydrogen-bond donors (Lipinski definition) is 1. The molecule has 6 unspecified atom stereocenters. The van der Waals surface area contributed by atoms with Gasteiger partial charge in [-0.25, -0.2) is 0 Å². The van der Waals surface area contributed by atoms with Crippen LogP contribution in [0.5, 0.6) is 0 Å². The monoisotopic (exact) mass is 385 g/mol. The van der Waals surface area contributed by atoms with Crippen LogP contribution in [0.25, 0.3) is 0 Å². The summed E-state index contributed by atoms with van der Waals surface area (Å²) in [5.74, 6) is 5.63. The molecule has 160 valence electrons. The van der Waals surface area contributed by atoms with Crippen molar-refractivity contribution < 1.29 is 0 Å². The first-order valence-electron chi connectivity index (χ1n) is 12.7. The fraction of sp³-hybridized carbons (Fsp3) is 0.926. The molecule has 0 aromatic carbocycles. The Hall–Kier alpha value is -0.300. The SMILES string of the molecule is CC(C)CCC[C@@H](C)C1CCC2C3CC=C4CC(N)CCC4(C)[C@H]3CCC21C. The number of fused-ring (bicyclic) bond motifs is 5. The summed E-state index contributed by atoms with van der Waals surface area (Å²) in [4.78, 5) is 0. The van der Waals surface area contributed by atoms with E-state index in [1.54, 1.807) is 5.57 Å². The Morgan fingerprint density at radius 2 is 1.79 bits per heavy atom. The molecule has 4 rings (SSSR count). The van der Waals surface area contributed by atoms with Crippen LogP contribution in [0.1, 0.15) is 105 Å². The van der Waals surface area contributed by atoms with Crippen LogP contribution in [-0.4, -0.2) is 6.04 Å². The zero-order valence-corrected chi connectivity index (χ0v) is 19.5. The van der Waals surface area contributed by atoms with E-state index >= 15 is 0 Å². The fourth-order valence-electron chi connectivity index (χ4n) is 8.71. The molecule has 0 aromatic rings. The molecule has 0 heterocycles. The molecule has 0 radical (unpaired) electrons. The lowest BCUT2D eigenvalue weighted by Crippen LogP contribution is -2.51. The molecule has 28 heavy (non-hydrogen) atoms. The van der Waals surface area contributed by atoms with Crippen molar-refractivity contribution >= 4 is 0 Å². The van der Waals surface area contributed by atoms with Crippen molar-refractivity contribution in [2.75, 3.05) is 0 Å². The summed E-state index contributed by atoms with van der Waals surface area (Å²) in [5, 5.41) is 0. The van der Waals surface area contributed by atoms with Crippen LogP contribution in [-0.2, 0) is 0 Å². The standard InChI is InChI=1S/C27H47N/c1-18(2)7-6-8-19(3)23-11-12-24-22-10-9-20-17-21(28)13-15-26(20,4)25(22)14-16-27(23,24)5/h9,18-19,21-25H,6-8,10-17,28H2,1-5H3/t19-,21?,22?,23?,24?,25+,26?,27?/m1/s1. The van der Waals surface area contributed by atoms with Crippen LogP contribution < -0.4 is 5.73 Å². The highest BCUT2D eigenvalue weighted by molar-refractivity contribution is 5.25. The quantitative estimate of drug-likeness (QED) is 0.492. The summed E-state index contributed by atoms with van der Waals surface area (Å²) >= 11 is 0. The molecule has 3 fully saturated rings.